The Morgan fingerprint density at radius 2 is 1.86 bits per heavy atom. The van der Waals surface area contributed by atoms with Crippen molar-refractivity contribution < 1.29 is 9.53 Å². The van der Waals surface area contributed by atoms with Crippen LogP contribution in [0.15, 0.2) is 24.3 Å². The van der Waals surface area contributed by atoms with Crippen LogP contribution in [0, 0.1) is 0 Å². The van der Waals surface area contributed by atoms with Crippen molar-refractivity contribution in [2.45, 2.75) is 38.3 Å². The number of carbonyl (C=O) groups is 1. The van der Waals surface area contributed by atoms with Crippen LogP contribution in [0.25, 0.3) is 0 Å². The van der Waals surface area contributed by atoms with Gasteiger partial charge >= 0.3 is 6.09 Å². The summed E-state index contributed by atoms with van der Waals surface area (Å²) in [6.45, 7) is 7.24. The summed E-state index contributed by atoms with van der Waals surface area (Å²) in [5.41, 5.74) is 1.93. The van der Waals surface area contributed by atoms with E-state index in [0.29, 0.717) is 0 Å². The Morgan fingerprint density at radius 3 is 2.41 bits per heavy atom. The maximum absolute atomic E-state index is 12.0. The lowest BCUT2D eigenvalue weighted by Gasteiger charge is -2.24. The van der Waals surface area contributed by atoms with E-state index in [-0.39, 0.29) is 18.1 Å². The van der Waals surface area contributed by atoms with Gasteiger partial charge in [0.1, 0.15) is 5.60 Å². The Kier molecular flexibility index (Phi) is 4.96. The molecule has 2 atom stereocenters. The number of anilines is 1. The zero-order chi connectivity index (χ0) is 16.3. The second-order valence-electron chi connectivity index (χ2n) is 7.00. The van der Waals surface area contributed by atoms with Gasteiger partial charge in [0.25, 0.3) is 0 Å². The van der Waals surface area contributed by atoms with Crippen LogP contribution in [-0.4, -0.2) is 44.9 Å². The minimum absolute atomic E-state index is 0.0556. The van der Waals surface area contributed by atoms with Crippen molar-refractivity contribution in [2.75, 3.05) is 32.1 Å². The number of amides is 1. The zero-order valence-corrected chi connectivity index (χ0v) is 14.1. The number of benzene rings is 1. The van der Waals surface area contributed by atoms with Gasteiger partial charge in [-0.15, -0.1) is 0 Å². The van der Waals surface area contributed by atoms with Crippen LogP contribution in [0.3, 0.4) is 0 Å². The zero-order valence-electron chi connectivity index (χ0n) is 14.1. The van der Waals surface area contributed by atoms with Crippen molar-refractivity contribution in [2.24, 2.45) is 0 Å². The third-order valence-corrected chi connectivity index (χ3v) is 3.75. The Bertz CT molecular complexity index is 506. The molecule has 1 aliphatic heterocycles. The van der Waals surface area contributed by atoms with Crippen LogP contribution >= 0.6 is 0 Å². The molecule has 1 fully saturated rings. The van der Waals surface area contributed by atoms with Crippen molar-refractivity contribution in [1.29, 1.82) is 0 Å². The lowest BCUT2D eigenvalue weighted by atomic mass is 9.94. The fourth-order valence-electron chi connectivity index (χ4n) is 2.66. The number of ether oxygens (including phenoxy) is 1. The summed E-state index contributed by atoms with van der Waals surface area (Å²) in [6.07, 6.45) is -0.351. The molecule has 1 saturated heterocycles. The fourth-order valence-corrected chi connectivity index (χ4v) is 2.66. The highest BCUT2D eigenvalue weighted by molar-refractivity contribution is 5.68. The number of hydrogen-bond donors (Lipinski definition) is 2. The highest BCUT2D eigenvalue weighted by Crippen LogP contribution is 2.25. The molecule has 0 unspecified atom stereocenters. The molecule has 0 aromatic heterocycles. The molecule has 1 aromatic rings. The van der Waals surface area contributed by atoms with Crippen molar-refractivity contribution in [1.82, 2.24) is 10.6 Å². The average Bonchev–Trinajstić information content (AvgIpc) is 2.84. The molecule has 122 valence electrons. The minimum atomic E-state index is -0.473. The molecule has 0 aliphatic carbocycles. The van der Waals surface area contributed by atoms with Crippen molar-refractivity contribution >= 4 is 11.8 Å². The number of hydrogen-bond acceptors (Lipinski definition) is 4. The Hall–Kier alpha value is -1.75. The molecule has 2 rings (SSSR count). The molecule has 5 heteroatoms. The van der Waals surface area contributed by atoms with Crippen molar-refractivity contribution in [3.05, 3.63) is 29.8 Å². The summed E-state index contributed by atoms with van der Waals surface area (Å²) < 4.78 is 5.35. The largest absolute Gasteiger partial charge is 0.444 e. The molecule has 2 N–H and O–H groups in total. The van der Waals surface area contributed by atoms with Crippen LogP contribution in [-0.2, 0) is 4.74 Å². The van der Waals surface area contributed by atoms with Gasteiger partial charge in [0, 0.05) is 38.8 Å². The van der Waals surface area contributed by atoms with Gasteiger partial charge in [-0.1, -0.05) is 12.1 Å². The standard InChI is InChI=1S/C17H27N3O2/c1-17(2,3)22-16(21)19-15-11-18-10-14(15)12-6-8-13(9-7-12)20(4)5/h6-9,14-15,18H,10-11H2,1-5H3,(H,19,21)/t14-,15-/m0/s1. The Morgan fingerprint density at radius 1 is 1.23 bits per heavy atom. The van der Waals surface area contributed by atoms with Crippen LogP contribution in [0.4, 0.5) is 10.5 Å². The first-order valence-corrected chi connectivity index (χ1v) is 7.74. The minimum Gasteiger partial charge on any atom is -0.444 e. The molecule has 22 heavy (non-hydrogen) atoms. The third-order valence-electron chi connectivity index (χ3n) is 3.75. The fraction of sp³-hybridized carbons (Fsp3) is 0.588. The molecule has 0 saturated carbocycles. The predicted octanol–water partition coefficient (Wildman–Crippen LogP) is 2.33. The van der Waals surface area contributed by atoms with E-state index in [9.17, 15) is 4.79 Å². The van der Waals surface area contributed by atoms with Gasteiger partial charge in [0.05, 0.1) is 6.04 Å². The van der Waals surface area contributed by atoms with E-state index in [4.69, 9.17) is 4.74 Å². The highest BCUT2D eigenvalue weighted by Gasteiger charge is 2.31. The molecule has 1 aromatic carbocycles. The predicted molar refractivity (Wildman–Crippen MR) is 89.5 cm³/mol. The first-order valence-electron chi connectivity index (χ1n) is 7.74. The van der Waals surface area contributed by atoms with Crippen LogP contribution in [0.2, 0.25) is 0 Å². The molecule has 1 heterocycles. The molecule has 1 aliphatic rings. The molecule has 0 bridgehead atoms. The first kappa shape index (κ1) is 16.6. The van der Waals surface area contributed by atoms with Gasteiger partial charge in [-0.3, -0.25) is 0 Å². The lowest BCUT2D eigenvalue weighted by Crippen LogP contribution is -2.42. The van der Waals surface area contributed by atoms with E-state index in [1.165, 1.54) is 11.3 Å². The van der Waals surface area contributed by atoms with Crippen molar-refractivity contribution in [3.8, 4) is 0 Å². The Labute approximate surface area is 133 Å². The van der Waals surface area contributed by atoms with E-state index in [1.54, 1.807) is 0 Å². The highest BCUT2D eigenvalue weighted by atomic mass is 16.6. The van der Waals surface area contributed by atoms with Gasteiger partial charge in [0.15, 0.2) is 0 Å². The number of rotatable bonds is 3. The third kappa shape index (κ3) is 4.37. The van der Waals surface area contributed by atoms with Gasteiger partial charge in [-0.2, -0.15) is 0 Å². The van der Waals surface area contributed by atoms with Crippen LogP contribution < -0.4 is 15.5 Å². The average molecular weight is 305 g/mol. The molecular weight excluding hydrogens is 278 g/mol. The number of nitrogens with one attached hydrogen (secondary N) is 2. The van der Waals surface area contributed by atoms with E-state index >= 15 is 0 Å². The smallest absolute Gasteiger partial charge is 0.407 e. The van der Waals surface area contributed by atoms with E-state index < -0.39 is 5.60 Å². The molecule has 5 nitrogen and oxygen atoms in total. The van der Waals surface area contributed by atoms with Gasteiger partial charge in [-0.25, -0.2) is 4.79 Å². The first-order chi connectivity index (χ1) is 10.3. The van der Waals surface area contributed by atoms with E-state index in [2.05, 4.69) is 39.8 Å². The van der Waals surface area contributed by atoms with Crippen LogP contribution in [0.1, 0.15) is 32.3 Å². The Balaban J connectivity index is 2.02. The monoisotopic (exact) mass is 305 g/mol. The van der Waals surface area contributed by atoms with Gasteiger partial charge in [-0.05, 0) is 38.5 Å². The normalized spacial score (nSPS) is 21.5. The maximum Gasteiger partial charge on any atom is 0.407 e. The maximum atomic E-state index is 12.0. The molecule has 0 radical (unpaired) electrons. The summed E-state index contributed by atoms with van der Waals surface area (Å²) in [7, 11) is 4.05. The SMILES string of the molecule is CN(C)c1ccc([C@@H]2CNC[C@@H]2NC(=O)OC(C)(C)C)cc1. The molecule has 1 amide bonds. The summed E-state index contributed by atoms with van der Waals surface area (Å²) in [5, 5.41) is 6.33. The summed E-state index contributed by atoms with van der Waals surface area (Å²) in [5.74, 6) is 0.267. The number of carbonyl (C=O) groups excluding carboxylic acids is 1. The summed E-state index contributed by atoms with van der Waals surface area (Å²) in [6, 6.07) is 8.55. The summed E-state index contributed by atoms with van der Waals surface area (Å²) >= 11 is 0. The van der Waals surface area contributed by atoms with E-state index in [0.717, 1.165) is 13.1 Å². The number of nitrogens with zero attached hydrogens (tertiary/aromatic N) is 1. The van der Waals surface area contributed by atoms with E-state index in [1.807, 2.05) is 34.9 Å². The van der Waals surface area contributed by atoms with Gasteiger partial charge in [0.2, 0.25) is 0 Å². The number of alkyl carbamates (subject to hydrolysis) is 1. The molecular formula is C17H27N3O2. The summed E-state index contributed by atoms with van der Waals surface area (Å²) in [4.78, 5) is 14.0. The van der Waals surface area contributed by atoms with Gasteiger partial charge < -0.3 is 20.3 Å². The second-order valence-corrected chi connectivity index (χ2v) is 7.00. The van der Waals surface area contributed by atoms with Crippen LogP contribution in [0.5, 0.6) is 0 Å². The van der Waals surface area contributed by atoms with Crippen molar-refractivity contribution in [3.63, 3.8) is 0 Å². The topological polar surface area (TPSA) is 53.6 Å². The quantitative estimate of drug-likeness (QED) is 0.900. The lowest BCUT2D eigenvalue weighted by molar-refractivity contribution is 0.0504. The second kappa shape index (κ2) is 6.57. The molecule has 0 spiro atoms.